The number of hydrogen-bond donors (Lipinski definition) is 1. The summed E-state index contributed by atoms with van der Waals surface area (Å²) in [7, 11) is 0. The standard InChI is InChI=1S/C30H45FO/c1-7-30(32,8-2)18-9-11-22(4)26-15-16-27-24(12-10-17-29(26,27)6)13-14-25-19-21(3)20-28(31)23(25)5/h9,13-15,18,21-22,27-28,32H,5,7-8,10-12,16-17,19-20H2,1-4,6H3/b18-9+,24-13+,25-14-. The van der Waals surface area contributed by atoms with Gasteiger partial charge in [0.05, 0.1) is 5.60 Å². The molecule has 178 valence electrons. The zero-order valence-electron chi connectivity index (χ0n) is 21.1. The molecule has 2 fully saturated rings. The van der Waals surface area contributed by atoms with Crippen LogP contribution in [0.5, 0.6) is 0 Å². The summed E-state index contributed by atoms with van der Waals surface area (Å²) < 4.78 is 14.3. The number of fused-ring (bicyclic) bond motifs is 1. The molecule has 3 rings (SSSR count). The fraction of sp³-hybridized carbons (Fsp3) is 0.667. The second kappa shape index (κ2) is 10.2. The highest BCUT2D eigenvalue weighted by Gasteiger charge is 2.45. The van der Waals surface area contributed by atoms with E-state index in [1.165, 1.54) is 18.4 Å². The quantitative estimate of drug-likeness (QED) is 0.394. The number of allylic oxidation sites excluding steroid dienone is 8. The van der Waals surface area contributed by atoms with Crippen LogP contribution in [-0.2, 0) is 0 Å². The van der Waals surface area contributed by atoms with Crippen molar-refractivity contribution < 1.29 is 9.50 Å². The number of halogens is 1. The van der Waals surface area contributed by atoms with E-state index in [9.17, 15) is 9.50 Å². The summed E-state index contributed by atoms with van der Waals surface area (Å²) in [6.07, 6.45) is 19.1. The van der Waals surface area contributed by atoms with E-state index in [2.05, 4.69) is 51.7 Å². The molecular formula is C30H45FO. The molecule has 2 saturated carbocycles. The second-order valence-electron chi connectivity index (χ2n) is 11.0. The van der Waals surface area contributed by atoms with Crippen LogP contribution in [0.15, 0.2) is 59.3 Å². The van der Waals surface area contributed by atoms with Crippen molar-refractivity contribution in [3.63, 3.8) is 0 Å². The van der Waals surface area contributed by atoms with Gasteiger partial charge in [-0.3, -0.25) is 0 Å². The molecule has 0 spiro atoms. The van der Waals surface area contributed by atoms with E-state index in [1.54, 1.807) is 5.57 Å². The molecule has 5 unspecified atom stereocenters. The highest BCUT2D eigenvalue weighted by Crippen LogP contribution is 2.57. The second-order valence-corrected chi connectivity index (χ2v) is 11.0. The summed E-state index contributed by atoms with van der Waals surface area (Å²) in [5.41, 5.74) is 4.50. The Morgan fingerprint density at radius 2 is 2.03 bits per heavy atom. The maximum atomic E-state index is 14.3. The molecule has 0 bridgehead atoms. The highest BCUT2D eigenvalue weighted by molar-refractivity contribution is 5.40. The van der Waals surface area contributed by atoms with Gasteiger partial charge in [0.1, 0.15) is 6.17 Å². The Kier molecular flexibility index (Phi) is 8.07. The van der Waals surface area contributed by atoms with Crippen LogP contribution in [-0.4, -0.2) is 16.9 Å². The summed E-state index contributed by atoms with van der Waals surface area (Å²) in [5.74, 6) is 1.44. The lowest BCUT2D eigenvalue weighted by Gasteiger charge is -2.42. The van der Waals surface area contributed by atoms with Crippen LogP contribution in [0.4, 0.5) is 4.39 Å². The Morgan fingerprint density at radius 3 is 2.72 bits per heavy atom. The largest absolute Gasteiger partial charge is 0.386 e. The monoisotopic (exact) mass is 440 g/mol. The first-order valence-corrected chi connectivity index (χ1v) is 13.0. The van der Waals surface area contributed by atoms with Gasteiger partial charge < -0.3 is 5.11 Å². The van der Waals surface area contributed by atoms with Crippen LogP contribution in [0.2, 0.25) is 0 Å². The summed E-state index contributed by atoms with van der Waals surface area (Å²) in [6, 6.07) is 0. The van der Waals surface area contributed by atoms with Crippen LogP contribution in [0, 0.1) is 23.2 Å². The molecule has 0 aromatic heterocycles. The van der Waals surface area contributed by atoms with Gasteiger partial charge in [0.15, 0.2) is 0 Å². The average molecular weight is 441 g/mol. The molecule has 0 aliphatic heterocycles. The molecular weight excluding hydrogens is 395 g/mol. The minimum absolute atomic E-state index is 0.223. The first-order chi connectivity index (χ1) is 15.1. The number of rotatable bonds is 7. The van der Waals surface area contributed by atoms with Gasteiger partial charge in [-0.25, -0.2) is 4.39 Å². The van der Waals surface area contributed by atoms with Crippen LogP contribution in [0.3, 0.4) is 0 Å². The summed E-state index contributed by atoms with van der Waals surface area (Å²) >= 11 is 0. The Balaban J connectivity index is 1.73. The summed E-state index contributed by atoms with van der Waals surface area (Å²) in [6.45, 7) is 15.1. The smallest absolute Gasteiger partial charge is 0.125 e. The van der Waals surface area contributed by atoms with Crippen molar-refractivity contribution in [3.05, 3.63) is 59.3 Å². The molecule has 3 aliphatic rings. The molecule has 0 heterocycles. The maximum Gasteiger partial charge on any atom is 0.125 e. The van der Waals surface area contributed by atoms with Gasteiger partial charge >= 0.3 is 0 Å². The summed E-state index contributed by atoms with van der Waals surface area (Å²) in [4.78, 5) is 0. The molecule has 0 saturated heterocycles. The van der Waals surface area contributed by atoms with E-state index in [-0.39, 0.29) is 5.41 Å². The van der Waals surface area contributed by atoms with Crippen molar-refractivity contribution in [2.45, 2.75) is 104 Å². The van der Waals surface area contributed by atoms with E-state index in [0.717, 1.165) is 44.1 Å². The maximum absolute atomic E-state index is 14.3. The van der Waals surface area contributed by atoms with Gasteiger partial charge in [0, 0.05) is 0 Å². The van der Waals surface area contributed by atoms with Crippen molar-refractivity contribution in [2.75, 3.05) is 0 Å². The zero-order chi connectivity index (χ0) is 23.5. The predicted molar refractivity (Wildman–Crippen MR) is 135 cm³/mol. The molecule has 2 heteroatoms. The third-order valence-electron chi connectivity index (χ3n) is 8.75. The summed E-state index contributed by atoms with van der Waals surface area (Å²) in [5, 5.41) is 10.6. The lowest BCUT2D eigenvalue weighted by Crippen LogP contribution is -2.32. The fourth-order valence-corrected chi connectivity index (χ4v) is 6.39. The molecule has 0 radical (unpaired) electrons. The number of aliphatic hydroxyl groups is 1. The average Bonchev–Trinajstić information content (AvgIpc) is 3.12. The van der Waals surface area contributed by atoms with Gasteiger partial charge in [-0.05, 0) is 92.1 Å². The lowest BCUT2D eigenvalue weighted by atomic mass is 9.62. The molecule has 1 N–H and O–H groups in total. The zero-order valence-corrected chi connectivity index (χ0v) is 21.1. The number of hydrogen-bond acceptors (Lipinski definition) is 1. The fourth-order valence-electron chi connectivity index (χ4n) is 6.39. The van der Waals surface area contributed by atoms with Crippen LogP contribution in [0.1, 0.15) is 92.4 Å². The van der Waals surface area contributed by atoms with Gasteiger partial charge in [0.25, 0.3) is 0 Å². The van der Waals surface area contributed by atoms with Crippen molar-refractivity contribution in [2.24, 2.45) is 23.2 Å². The first kappa shape index (κ1) is 25.2. The van der Waals surface area contributed by atoms with Gasteiger partial charge in [-0.2, -0.15) is 0 Å². The van der Waals surface area contributed by atoms with E-state index >= 15 is 0 Å². The molecule has 0 aromatic rings. The SMILES string of the molecule is C=C1/C(=C\C=C2/CCCC3(C)C(C(C)C/C=C/C(O)(CC)CC)=CCC23)CC(C)CC1F. The van der Waals surface area contributed by atoms with Crippen LogP contribution >= 0.6 is 0 Å². The predicted octanol–water partition coefficient (Wildman–Crippen LogP) is 8.43. The normalized spacial score (nSPS) is 34.9. The number of alkyl halides is 1. The first-order valence-electron chi connectivity index (χ1n) is 13.0. The lowest BCUT2D eigenvalue weighted by molar-refractivity contribution is 0.0824. The Bertz CT molecular complexity index is 809. The van der Waals surface area contributed by atoms with Crippen LogP contribution < -0.4 is 0 Å². The van der Waals surface area contributed by atoms with E-state index < -0.39 is 11.8 Å². The molecule has 3 aliphatic carbocycles. The van der Waals surface area contributed by atoms with Crippen molar-refractivity contribution >= 4 is 0 Å². The van der Waals surface area contributed by atoms with Crippen molar-refractivity contribution in [1.82, 2.24) is 0 Å². The van der Waals surface area contributed by atoms with E-state index in [0.29, 0.717) is 29.7 Å². The Hall–Kier alpha value is -1.41. The molecule has 0 amide bonds. The van der Waals surface area contributed by atoms with Crippen molar-refractivity contribution in [1.29, 1.82) is 0 Å². The third kappa shape index (κ3) is 5.22. The Morgan fingerprint density at radius 1 is 1.31 bits per heavy atom. The Labute approximate surface area is 196 Å². The molecule has 0 aromatic carbocycles. The van der Waals surface area contributed by atoms with Gasteiger partial charge in [0.2, 0.25) is 0 Å². The molecule has 32 heavy (non-hydrogen) atoms. The van der Waals surface area contributed by atoms with Crippen LogP contribution in [0.25, 0.3) is 0 Å². The van der Waals surface area contributed by atoms with E-state index in [4.69, 9.17) is 0 Å². The van der Waals surface area contributed by atoms with Crippen molar-refractivity contribution in [3.8, 4) is 0 Å². The van der Waals surface area contributed by atoms with Gasteiger partial charge in [-0.15, -0.1) is 0 Å². The minimum atomic E-state index is -0.883. The highest BCUT2D eigenvalue weighted by atomic mass is 19.1. The molecule has 5 atom stereocenters. The van der Waals surface area contributed by atoms with E-state index in [1.807, 2.05) is 19.9 Å². The topological polar surface area (TPSA) is 20.2 Å². The third-order valence-corrected chi connectivity index (χ3v) is 8.75. The van der Waals surface area contributed by atoms with Gasteiger partial charge in [-0.1, -0.05) is 82.7 Å². The molecule has 1 nitrogen and oxygen atoms in total. The minimum Gasteiger partial charge on any atom is -0.386 e.